The number of anilines is 2. The number of hydrogen-bond donors (Lipinski definition) is 2. The Labute approximate surface area is 115 Å². The molecule has 0 radical (unpaired) electrons. The van der Waals surface area contributed by atoms with E-state index < -0.39 is 0 Å². The summed E-state index contributed by atoms with van der Waals surface area (Å²) in [5.41, 5.74) is 5.81. The zero-order valence-electron chi connectivity index (χ0n) is 10.6. The van der Waals surface area contributed by atoms with E-state index in [0.29, 0.717) is 16.7 Å². The van der Waals surface area contributed by atoms with Crippen molar-refractivity contribution in [2.45, 2.75) is 18.9 Å². The Morgan fingerprint density at radius 2 is 2.39 bits per heavy atom. The first kappa shape index (κ1) is 13.5. The van der Waals surface area contributed by atoms with Crippen molar-refractivity contribution in [1.82, 2.24) is 9.88 Å². The summed E-state index contributed by atoms with van der Waals surface area (Å²) in [6, 6.07) is 0.521. The molecule has 1 aromatic heterocycles. The van der Waals surface area contributed by atoms with Crippen molar-refractivity contribution >= 4 is 40.0 Å². The predicted octanol–water partition coefficient (Wildman–Crippen LogP) is 1.73. The molecule has 0 aliphatic heterocycles. The second-order valence-corrected chi connectivity index (χ2v) is 6.36. The van der Waals surface area contributed by atoms with E-state index in [1.54, 1.807) is 23.7 Å². The zero-order chi connectivity index (χ0) is 13.1. The Bertz CT molecular complexity index is 431. The van der Waals surface area contributed by atoms with Gasteiger partial charge in [0.15, 0.2) is 5.13 Å². The van der Waals surface area contributed by atoms with Crippen molar-refractivity contribution in [3.63, 3.8) is 0 Å². The van der Waals surface area contributed by atoms with Crippen LogP contribution in [0.1, 0.15) is 22.5 Å². The highest BCUT2D eigenvalue weighted by Crippen LogP contribution is 2.31. The number of hydrogen-bond acceptors (Lipinski definition) is 6. The Hall–Kier alpha value is -0.950. The van der Waals surface area contributed by atoms with Gasteiger partial charge in [-0.2, -0.15) is 11.8 Å². The number of nitrogens with one attached hydrogen (secondary N) is 1. The normalized spacial score (nSPS) is 14.6. The topological polar surface area (TPSA) is 71.2 Å². The molecule has 0 unspecified atom stereocenters. The first-order valence-electron chi connectivity index (χ1n) is 5.89. The molecule has 3 N–H and O–H groups in total. The van der Waals surface area contributed by atoms with E-state index in [1.165, 1.54) is 24.2 Å². The molecule has 1 amide bonds. The van der Waals surface area contributed by atoms with Crippen molar-refractivity contribution in [1.29, 1.82) is 0 Å². The van der Waals surface area contributed by atoms with Crippen molar-refractivity contribution in [3.8, 4) is 0 Å². The van der Waals surface area contributed by atoms with E-state index in [-0.39, 0.29) is 5.91 Å². The van der Waals surface area contributed by atoms with Gasteiger partial charge >= 0.3 is 0 Å². The molecule has 2 rings (SSSR count). The third-order valence-corrected chi connectivity index (χ3v) is 4.31. The third-order valence-electron chi connectivity index (χ3n) is 2.73. The zero-order valence-corrected chi connectivity index (χ0v) is 12.2. The number of thioether (sulfide) groups is 1. The van der Waals surface area contributed by atoms with Crippen LogP contribution >= 0.6 is 23.1 Å². The maximum absolute atomic E-state index is 12.2. The van der Waals surface area contributed by atoms with Gasteiger partial charge in [-0.1, -0.05) is 11.3 Å². The molecule has 0 aromatic carbocycles. The van der Waals surface area contributed by atoms with Crippen LogP contribution in [0, 0.1) is 0 Å². The average molecular weight is 286 g/mol. The summed E-state index contributed by atoms with van der Waals surface area (Å²) in [6.45, 7) is 0.725. The minimum atomic E-state index is -0.0390. The number of amides is 1. The maximum Gasteiger partial charge on any atom is 0.267 e. The predicted molar refractivity (Wildman–Crippen MR) is 78.5 cm³/mol. The third kappa shape index (κ3) is 3.29. The lowest BCUT2D eigenvalue weighted by Gasteiger charge is -2.15. The molecule has 0 spiro atoms. The number of carbonyl (C=O) groups is 1. The van der Waals surface area contributed by atoms with E-state index in [4.69, 9.17) is 5.73 Å². The summed E-state index contributed by atoms with van der Waals surface area (Å²) >= 11 is 3.07. The molecule has 100 valence electrons. The summed E-state index contributed by atoms with van der Waals surface area (Å²) in [5.74, 6) is 1.22. The maximum atomic E-state index is 12.2. The van der Waals surface area contributed by atoms with Crippen molar-refractivity contribution < 1.29 is 4.79 Å². The minimum absolute atomic E-state index is 0.0390. The summed E-state index contributed by atoms with van der Waals surface area (Å²) in [7, 11) is 1.80. The standard InChI is InChI=1S/C11H18N4OS2/c1-15(5-6-17-2)10(16)8-9(12)14-11(18-8)13-7-3-4-7/h7H,3-6,12H2,1-2H3,(H,13,14). The van der Waals surface area contributed by atoms with Crippen LogP contribution in [0.3, 0.4) is 0 Å². The Morgan fingerprint density at radius 3 is 3.00 bits per heavy atom. The van der Waals surface area contributed by atoms with Gasteiger partial charge in [-0.25, -0.2) is 4.98 Å². The number of nitrogens with two attached hydrogens (primary N) is 1. The number of carbonyl (C=O) groups excluding carboxylic acids is 1. The van der Waals surface area contributed by atoms with E-state index in [1.807, 2.05) is 6.26 Å². The summed E-state index contributed by atoms with van der Waals surface area (Å²) in [4.78, 5) is 18.6. The van der Waals surface area contributed by atoms with Gasteiger partial charge in [-0.3, -0.25) is 4.79 Å². The number of aromatic nitrogens is 1. The first-order valence-corrected chi connectivity index (χ1v) is 8.10. The molecule has 1 aliphatic carbocycles. The minimum Gasteiger partial charge on any atom is -0.382 e. The van der Waals surface area contributed by atoms with Crippen LogP contribution in [0.15, 0.2) is 0 Å². The molecular formula is C11H18N4OS2. The van der Waals surface area contributed by atoms with Gasteiger partial charge in [0.25, 0.3) is 5.91 Å². The molecule has 1 fully saturated rings. The van der Waals surface area contributed by atoms with E-state index >= 15 is 0 Å². The summed E-state index contributed by atoms with van der Waals surface area (Å²) < 4.78 is 0. The molecule has 1 aromatic rings. The summed E-state index contributed by atoms with van der Waals surface area (Å²) in [5, 5.41) is 4.03. The second-order valence-electron chi connectivity index (χ2n) is 4.37. The van der Waals surface area contributed by atoms with Crippen molar-refractivity contribution in [2.24, 2.45) is 0 Å². The average Bonchev–Trinajstić information content (AvgIpc) is 3.08. The SMILES string of the molecule is CSCCN(C)C(=O)c1sc(NC2CC2)nc1N. The van der Waals surface area contributed by atoms with Crippen LogP contribution in [0.25, 0.3) is 0 Å². The molecule has 0 atom stereocenters. The van der Waals surface area contributed by atoms with Gasteiger partial charge in [0.1, 0.15) is 10.7 Å². The molecule has 0 bridgehead atoms. The van der Waals surface area contributed by atoms with Crippen LogP contribution in [-0.2, 0) is 0 Å². The van der Waals surface area contributed by atoms with Crippen LogP contribution in [0.2, 0.25) is 0 Å². The van der Waals surface area contributed by atoms with Crippen molar-refractivity contribution in [3.05, 3.63) is 4.88 Å². The summed E-state index contributed by atoms with van der Waals surface area (Å²) in [6.07, 6.45) is 4.38. The number of nitrogens with zero attached hydrogens (tertiary/aromatic N) is 2. The molecule has 1 saturated carbocycles. The highest BCUT2D eigenvalue weighted by Gasteiger charge is 2.25. The smallest absolute Gasteiger partial charge is 0.267 e. The fourth-order valence-electron chi connectivity index (χ4n) is 1.45. The lowest BCUT2D eigenvalue weighted by Crippen LogP contribution is -2.28. The molecule has 5 nitrogen and oxygen atoms in total. The van der Waals surface area contributed by atoms with Gasteiger partial charge in [0.2, 0.25) is 0 Å². The lowest BCUT2D eigenvalue weighted by molar-refractivity contribution is 0.0809. The van der Waals surface area contributed by atoms with Crippen LogP contribution in [0.4, 0.5) is 10.9 Å². The molecule has 18 heavy (non-hydrogen) atoms. The van der Waals surface area contributed by atoms with E-state index in [0.717, 1.165) is 17.4 Å². The fraction of sp³-hybridized carbons (Fsp3) is 0.636. The first-order chi connectivity index (χ1) is 8.61. The molecule has 7 heteroatoms. The monoisotopic (exact) mass is 286 g/mol. The van der Waals surface area contributed by atoms with Gasteiger partial charge < -0.3 is 16.0 Å². The highest BCUT2D eigenvalue weighted by atomic mass is 32.2. The number of nitrogen functional groups attached to an aromatic ring is 1. The van der Waals surface area contributed by atoms with Crippen LogP contribution in [-0.4, -0.2) is 47.4 Å². The number of thiazole rings is 1. The molecular weight excluding hydrogens is 268 g/mol. The van der Waals surface area contributed by atoms with Crippen molar-refractivity contribution in [2.75, 3.05) is 36.7 Å². The molecule has 1 aliphatic rings. The molecule has 1 heterocycles. The van der Waals surface area contributed by atoms with E-state index in [2.05, 4.69) is 10.3 Å². The van der Waals surface area contributed by atoms with Crippen LogP contribution < -0.4 is 11.1 Å². The Kier molecular flexibility index (Phi) is 4.34. The largest absolute Gasteiger partial charge is 0.382 e. The van der Waals surface area contributed by atoms with Gasteiger partial charge in [-0.15, -0.1) is 0 Å². The number of rotatable bonds is 6. The Balaban J connectivity index is 2.01. The molecule has 0 saturated heterocycles. The fourth-order valence-corrected chi connectivity index (χ4v) is 2.87. The quantitative estimate of drug-likeness (QED) is 0.833. The van der Waals surface area contributed by atoms with E-state index in [9.17, 15) is 4.79 Å². The van der Waals surface area contributed by atoms with Gasteiger partial charge in [-0.05, 0) is 19.1 Å². The highest BCUT2D eigenvalue weighted by molar-refractivity contribution is 7.98. The lowest BCUT2D eigenvalue weighted by atomic mass is 10.4. The Morgan fingerprint density at radius 1 is 1.67 bits per heavy atom. The van der Waals surface area contributed by atoms with Crippen LogP contribution in [0.5, 0.6) is 0 Å². The van der Waals surface area contributed by atoms with Gasteiger partial charge in [0, 0.05) is 25.4 Å². The van der Waals surface area contributed by atoms with Gasteiger partial charge in [0.05, 0.1) is 0 Å². The second kappa shape index (κ2) is 5.79.